The summed E-state index contributed by atoms with van der Waals surface area (Å²) in [4.78, 5) is 24.2. The van der Waals surface area contributed by atoms with Crippen molar-refractivity contribution in [3.8, 4) is 0 Å². The molecule has 1 aliphatic rings. The number of carbonyl (C=O) groups excluding carboxylic acids is 2. The standard InChI is InChI=1S/C14H8O2.C3H8.C2H6/c15-13-9-5-1-2-6-10(9)14(16)12-8-4-3-7-11(12)13;1-3-2;1-2/h1-8H;3H2,1-2H3;1-2H3. The SMILES string of the molecule is CC.CCC.O=C1c2ccccc2C(=O)c2ccccc21. The second kappa shape index (κ2) is 8.15. The van der Waals surface area contributed by atoms with E-state index in [1.54, 1.807) is 48.5 Å². The van der Waals surface area contributed by atoms with E-state index in [-0.39, 0.29) is 11.6 Å². The Morgan fingerprint density at radius 2 is 0.810 bits per heavy atom. The van der Waals surface area contributed by atoms with Crippen LogP contribution in [0.15, 0.2) is 48.5 Å². The van der Waals surface area contributed by atoms with Crippen molar-refractivity contribution < 1.29 is 9.59 Å². The van der Waals surface area contributed by atoms with Gasteiger partial charge in [0.2, 0.25) is 0 Å². The third-order valence-electron chi connectivity index (χ3n) is 2.83. The van der Waals surface area contributed by atoms with Crippen LogP contribution in [0.3, 0.4) is 0 Å². The zero-order chi connectivity index (χ0) is 15.8. The van der Waals surface area contributed by atoms with Gasteiger partial charge in [-0.25, -0.2) is 0 Å². The molecule has 0 aliphatic heterocycles. The summed E-state index contributed by atoms with van der Waals surface area (Å²) >= 11 is 0. The van der Waals surface area contributed by atoms with E-state index >= 15 is 0 Å². The van der Waals surface area contributed by atoms with E-state index in [1.165, 1.54) is 6.42 Å². The highest BCUT2D eigenvalue weighted by atomic mass is 16.1. The maximum absolute atomic E-state index is 12.1. The van der Waals surface area contributed by atoms with E-state index in [0.717, 1.165) is 0 Å². The Hall–Kier alpha value is -2.22. The molecule has 0 unspecified atom stereocenters. The molecular formula is C19H22O2. The van der Waals surface area contributed by atoms with Crippen molar-refractivity contribution in [2.24, 2.45) is 0 Å². The van der Waals surface area contributed by atoms with Crippen LogP contribution in [0.1, 0.15) is 66.0 Å². The lowest BCUT2D eigenvalue weighted by atomic mass is 9.84. The average molecular weight is 282 g/mol. The second-order valence-electron chi connectivity index (χ2n) is 4.46. The molecule has 21 heavy (non-hydrogen) atoms. The van der Waals surface area contributed by atoms with Gasteiger partial charge in [-0.3, -0.25) is 9.59 Å². The summed E-state index contributed by atoms with van der Waals surface area (Å²) in [5.41, 5.74) is 2.02. The van der Waals surface area contributed by atoms with Crippen LogP contribution in [0.2, 0.25) is 0 Å². The van der Waals surface area contributed by atoms with Crippen molar-refractivity contribution in [2.45, 2.75) is 34.1 Å². The molecule has 0 atom stereocenters. The summed E-state index contributed by atoms with van der Waals surface area (Å²) < 4.78 is 0. The fraction of sp³-hybridized carbons (Fsp3) is 0.263. The summed E-state index contributed by atoms with van der Waals surface area (Å²) in [5, 5.41) is 0. The minimum absolute atomic E-state index is 0.0641. The monoisotopic (exact) mass is 282 g/mol. The van der Waals surface area contributed by atoms with Gasteiger partial charge in [0.15, 0.2) is 11.6 Å². The third kappa shape index (κ3) is 3.46. The zero-order valence-electron chi connectivity index (χ0n) is 13.1. The highest BCUT2D eigenvalue weighted by Gasteiger charge is 2.28. The van der Waals surface area contributed by atoms with Gasteiger partial charge in [0.25, 0.3) is 0 Å². The molecule has 2 heteroatoms. The number of benzene rings is 2. The van der Waals surface area contributed by atoms with Gasteiger partial charge >= 0.3 is 0 Å². The molecule has 0 saturated heterocycles. The van der Waals surface area contributed by atoms with Crippen LogP contribution in [0.25, 0.3) is 0 Å². The number of rotatable bonds is 0. The van der Waals surface area contributed by atoms with Crippen LogP contribution in [-0.2, 0) is 0 Å². The predicted octanol–water partition coefficient (Wildman–Crippen LogP) is 4.90. The highest BCUT2D eigenvalue weighted by molar-refractivity contribution is 6.28. The first-order valence-corrected chi connectivity index (χ1v) is 7.48. The van der Waals surface area contributed by atoms with Crippen molar-refractivity contribution in [3.05, 3.63) is 70.8 Å². The fourth-order valence-corrected chi connectivity index (χ4v) is 2.05. The number of carbonyl (C=O) groups is 2. The van der Waals surface area contributed by atoms with Gasteiger partial charge in [-0.1, -0.05) is 82.6 Å². The Labute approximate surface area is 126 Å². The van der Waals surface area contributed by atoms with Crippen molar-refractivity contribution in [1.82, 2.24) is 0 Å². The van der Waals surface area contributed by atoms with Crippen LogP contribution in [0.4, 0.5) is 0 Å². The van der Waals surface area contributed by atoms with E-state index in [1.807, 2.05) is 13.8 Å². The normalized spacial score (nSPS) is 11.2. The van der Waals surface area contributed by atoms with Crippen LogP contribution >= 0.6 is 0 Å². The summed E-state index contributed by atoms with van der Waals surface area (Å²) in [6, 6.07) is 13.9. The van der Waals surface area contributed by atoms with Gasteiger partial charge in [-0.05, 0) is 0 Å². The second-order valence-corrected chi connectivity index (χ2v) is 4.46. The molecule has 2 aromatic rings. The molecule has 0 N–H and O–H groups in total. The molecule has 2 nitrogen and oxygen atoms in total. The highest BCUT2D eigenvalue weighted by Crippen LogP contribution is 2.26. The molecule has 1 aliphatic carbocycles. The van der Waals surface area contributed by atoms with Gasteiger partial charge in [-0.2, -0.15) is 0 Å². The van der Waals surface area contributed by atoms with Crippen molar-refractivity contribution in [3.63, 3.8) is 0 Å². The van der Waals surface area contributed by atoms with Crippen LogP contribution in [0.5, 0.6) is 0 Å². The summed E-state index contributed by atoms with van der Waals surface area (Å²) in [5.74, 6) is -0.128. The largest absolute Gasteiger partial charge is 0.289 e. The first kappa shape index (κ1) is 16.8. The zero-order valence-corrected chi connectivity index (χ0v) is 13.1. The number of ketones is 2. The molecule has 110 valence electrons. The van der Waals surface area contributed by atoms with Crippen LogP contribution in [-0.4, -0.2) is 11.6 Å². The molecule has 0 spiro atoms. The third-order valence-corrected chi connectivity index (χ3v) is 2.83. The molecular weight excluding hydrogens is 260 g/mol. The molecule has 0 fully saturated rings. The van der Waals surface area contributed by atoms with Gasteiger partial charge in [-0.15, -0.1) is 0 Å². The Kier molecular flexibility index (Phi) is 6.54. The first-order chi connectivity index (χ1) is 10.2. The van der Waals surface area contributed by atoms with E-state index in [9.17, 15) is 9.59 Å². The van der Waals surface area contributed by atoms with Crippen molar-refractivity contribution >= 4 is 11.6 Å². The Bertz CT molecular complexity index is 521. The van der Waals surface area contributed by atoms with E-state index in [0.29, 0.717) is 22.3 Å². The van der Waals surface area contributed by atoms with Gasteiger partial charge in [0.05, 0.1) is 0 Å². The molecule has 3 rings (SSSR count). The van der Waals surface area contributed by atoms with Crippen molar-refractivity contribution in [1.29, 1.82) is 0 Å². The topological polar surface area (TPSA) is 34.1 Å². The Morgan fingerprint density at radius 1 is 0.619 bits per heavy atom. The minimum Gasteiger partial charge on any atom is -0.289 e. The van der Waals surface area contributed by atoms with E-state index in [4.69, 9.17) is 0 Å². The van der Waals surface area contributed by atoms with Crippen molar-refractivity contribution in [2.75, 3.05) is 0 Å². The summed E-state index contributed by atoms with van der Waals surface area (Å²) in [7, 11) is 0. The molecule has 0 aromatic heterocycles. The lowest BCUT2D eigenvalue weighted by Gasteiger charge is -2.16. The number of hydrogen-bond donors (Lipinski definition) is 0. The fourth-order valence-electron chi connectivity index (χ4n) is 2.05. The van der Waals surface area contributed by atoms with Gasteiger partial charge in [0, 0.05) is 22.3 Å². The maximum Gasteiger partial charge on any atom is 0.194 e. The predicted molar refractivity (Wildman–Crippen MR) is 87.1 cm³/mol. The lowest BCUT2D eigenvalue weighted by molar-refractivity contribution is 0.0979. The summed E-state index contributed by atoms with van der Waals surface area (Å²) in [6.45, 7) is 8.25. The van der Waals surface area contributed by atoms with Crippen LogP contribution in [0, 0.1) is 0 Å². The summed E-state index contributed by atoms with van der Waals surface area (Å²) in [6.07, 6.45) is 1.25. The van der Waals surface area contributed by atoms with Crippen LogP contribution < -0.4 is 0 Å². The Balaban J connectivity index is 0.000000395. The molecule has 0 bridgehead atoms. The quantitative estimate of drug-likeness (QED) is 0.587. The average Bonchev–Trinajstić information content (AvgIpc) is 2.55. The molecule has 0 radical (unpaired) electrons. The lowest BCUT2D eigenvalue weighted by Crippen LogP contribution is -2.20. The molecule has 0 amide bonds. The molecule has 0 heterocycles. The molecule has 2 aromatic carbocycles. The minimum atomic E-state index is -0.0641. The van der Waals surface area contributed by atoms with E-state index in [2.05, 4.69) is 13.8 Å². The number of fused-ring (bicyclic) bond motifs is 2. The smallest absolute Gasteiger partial charge is 0.194 e. The Morgan fingerprint density at radius 3 is 1.00 bits per heavy atom. The van der Waals surface area contributed by atoms with Gasteiger partial charge < -0.3 is 0 Å². The van der Waals surface area contributed by atoms with Gasteiger partial charge in [0.1, 0.15) is 0 Å². The molecule has 0 saturated carbocycles. The number of hydrogen-bond acceptors (Lipinski definition) is 2. The van der Waals surface area contributed by atoms with E-state index < -0.39 is 0 Å². The first-order valence-electron chi connectivity index (χ1n) is 7.48. The maximum atomic E-state index is 12.1.